The number of hydrogen-bond donors (Lipinski definition) is 8. The predicted molar refractivity (Wildman–Crippen MR) is 359 cm³/mol. The van der Waals surface area contributed by atoms with E-state index in [2.05, 4.69) is 47.0 Å². The first-order chi connectivity index (χ1) is 45.6. The molecule has 0 fully saturated rings. The van der Waals surface area contributed by atoms with Crippen molar-refractivity contribution < 1.29 is 70.4 Å². The highest BCUT2D eigenvalue weighted by Crippen LogP contribution is 2.34. The van der Waals surface area contributed by atoms with Crippen molar-refractivity contribution in [3.63, 3.8) is 0 Å². The molecule has 0 spiro atoms. The summed E-state index contributed by atoms with van der Waals surface area (Å²) in [5.74, 6) is -4.77. The zero-order valence-electron chi connectivity index (χ0n) is 50.7. The van der Waals surface area contributed by atoms with E-state index in [1.54, 1.807) is 59.4 Å². The van der Waals surface area contributed by atoms with Gasteiger partial charge in [0, 0.05) is 81.8 Å². The number of amides is 3. The summed E-state index contributed by atoms with van der Waals surface area (Å²) in [6.07, 6.45) is -1.55. The first kappa shape index (κ1) is 77.2. The second-order valence-corrected chi connectivity index (χ2v) is 21.8. The van der Waals surface area contributed by atoms with E-state index < -0.39 is 35.4 Å². The third-order valence-corrected chi connectivity index (χ3v) is 14.9. The Balaban J connectivity index is 0.000000221. The third-order valence-electron chi connectivity index (χ3n) is 13.7. The lowest BCUT2D eigenvalue weighted by Crippen LogP contribution is -2.30. The van der Waals surface area contributed by atoms with Gasteiger partial charge >= 0.3 is 29.8 Å². The van der Waals surface area contributed by atoms with E-state index in [0.29, 0.717) is 49.4 Å². The van der Waals surface area contributed by atoms with Crippen molar-refractivity contribution in [2.75, 3.05) is 41.5 Å². The van der Waals surface area contributed by atoms with Crippen LogP contribution in [0.15, 0.2) is 182 Å². The first-order valence-corrected chi connectivity index (χ1v) is 30.0. The molecule has 0 aliphatic heterocycles. The number of carbonyl (C=O) groups is 4. The van der Waals surface area contributed by atoms with Crippen LogP contribution in [0.5, 0.6) is 0 Å². The molecule has 96 heavy (non-hydrogen) atoms. The highest BCUT2D eigenvalue weighted by atomic mass is 35.5. The Kier molecular flexibility index (Phi) is 29.2. The number of anilines is 4. The summed E-state index contributed by atoms with van der Waals surface area (Å²) in [6.45, 7) is 3.87. The lowest BCUT2D eigenvalue weighted by molar-refractivity contribution is -0.167. The molecule has 10 rings (SSSR count). The number of pyridine rings is 3. The molecule has 0 aliphatic carbocycles. The van der Waals surface area contributed by atoms with E-state index in [9.17, 15) is 59.9 Å². The van der Waals surface area contributed by atoms with Crippen LogP contribution in [0.4, 0.5) is 49.1 Å². The van der Waals surface area contributed by atoms with Gasteiger partial charge in [-0.15, -0.1) is 0 Å². The van der Waals surface area contributed by atoms with Gasteiger partial charge in [-0.1, -0.05) is 127 Å². The van der Waals surface area contributed by atoms with Crippen LogP contribution in [0.25, 0.3) is 43.1 Å². The average Bonchev–Trinajstić information content (AvgIpc) is 0.816. The molecule has 0 radical (unpaired) electrons. The minimum atomic E-state index is -5.07. The number of aryl methyl sites for hydroxylation is 1. The third kappa shape index (κ3) is 21.0. The van der Waals surface area contributed by atoms with Crippen LogP contribution in [-0.2, 0) is 51.7 Å². The van der Waals surface area contributed by atoms with Crippen LogP contribution in [0.3, 0.4) is 0 Å². The number of alkyl halides is 6. The maximum absolute atomic E-state index is 12.7. The van der Waals surface area contributed by atoms with Crippen LogP contribution in [0, 0.1) is 5.92 Å². The maximum Gasteiger partial charge on any atom is 0.471 e. The summed E-state index contributed by atoms with van der Waals surface area (Å²) in [6, 6.07) is 38.0. The fourth-order valence-corrected chi connectivity index (χ4v) is 9.86. The SMILES string of the molecule is CC(Cc1ccccc1)C(=O)Nc1c(Cl)ccc2c(=O)n(CCO)ccc12.CCCc1ccccc1.Nc1c(Cl)ccc2c(=O)n(CCO)ccc12.O=C(Nc1c(Cl)ccc2c(=O)n(CCO)ccc12)C(F)(F)F.O=C(Nc1c(Cl)ccc2c(=O)occc12)C(F)(F)F.O=CO. The van der Waals surface area contributed by atoms with Crippen molar-refractivity contribution in [2.45, 2.75) is 65.1 Å². The van der Waals surface area contributed by atoms with Crippen molar-refractivity contribution in [1.82, 2.24) is 13.7 Å². The zero-order chi connectivity index (χ0) is 71.0. The lowest BCUT2D eigenvalue weighted by atomic mass is 10.00. The van der Waals surface area contributed by atoms with Crippen LogP contribution in [-0.4, -0.2) is 90.5 Å². The molecule has 4 heterocycles. The standard InChI is InChI=1S/C21H21ClN2O3.C13H10ClF3N2O3.C11H5ClF3NO3.C11H11ClN2O2.C9H12.CH2O2/c1-14(13-15-5-3-2-4-6-15)20(26)23-19-16-9-10-24(11-12-25)21(27)17(16)7-8-18(19)22;14-9-2-1-8-7(3-4-19(5-6-20)11(8)21)10(9)18-12(22)13(15,16)17;12-7-2-1-6-5(3-4-19-9(6)17)8(7)16-10(18)11(13,14)15;12-9-2-1-8-7(10(9)13)3-4-14(5-6-15)11(8)16;1-2-6-9-7-4-3-5-8-9;2-1-3/h2-10,14,25H,11-13H2,1H3,(H,23,26);1-4,20H,5-6H2,(H,18,22);1-4H,(H,16,18);1-4,15H,5-6,13H2;3-5,7-8H,2,6H2,1H3;1H,(H,2,3). The molecule has 0 aliphatic rings. The highest BCUT2D eigenvalue weighted by molar-refractivity contribution is 6.37. The molecule has 0 bridgehead atoms. The number of nitrogens with one attached hydrogen (secondary N) is 3. The van der Waals surface area contributed by atoms with Crippen molar-refractivity contribution >= 4 is 136 Å². The van der Waals surface area contributed by atoms with Crippen molar-refractivity contribution in [2.24, 2.45) is 5.92 Å². The van der Waals surface area contributed by atoms with Crippen LogP contribution < -0.4 is 44.0 Å². The van der Waals surface area contributed by atoms with Gasteiger partial charge in [-0.3, -0.25) is 33.6 Å². The maximum atomic E-state index is 12.7. The van der Waals surface area contributed by atoms with E-state index in [0.717, 1.165) is 11.8 Å². The molecule has 30 heteroatoms. The Bertz CT molecular complexity index is 4600. The second kappa shape index (κ2) is 36.4. The molecular formula is C66H61Cl4F6N7O13. The Morgan fingerprint density at radius 1 is 0.521 bits per heavy atom. The van der Waals surface area contributed by atoms with Crippen molar-refractivity contribution in [3.8, 4) is 0 Å². The predicted octanol–water partition coefficient (Wildman–Crippen LogP) is 12.1. The quantitative estimate of drug-likeness (QED) is 0.0285. The topological polar surface area (TPSA) is 308 Å². The Hall–Kier alpha value is -9.54. The number of aromatic nitrogens is 3. The molecule has 1 unspecified atom stereocenters. The minimum Gasteiger partial charge on any atom is -0.483 e. The van der Waals surface area contributed by atoms with Crippen LogP contribution in [0.1, 0.15) is 31.4 Å². The van der Waals surface area contributed by atoms with Crippen LogP contribution in [0.2, 0.25) is 20.1 Å². The minimum absolute atomic E-state index is 0.0179. The molecule has 1 atom stereocenters. The van der Waals surface area contributed by atoms with Gasteiger partial charge in [-0.05, 0) is 96.8 Å². The number of hydrogen-bond acceptors (Lipinski definition) is 13. The van der Waals surface area contributed by atoms with E-state index >= 15 is 0 Å². The Labute approximate surface area is 561 Å². The summed E-state index contributed by atoms with van der Waals surface area (Å²) >= 11 is 23.7. The van der Waals surface area contributed by atoms with E-state index in [1.807, 2.05) is 37.3 Å². The van der Waals surface area contributed by atoms with Gasteiger partial charge in [-0.2, -0.15) is 26.3 Å². The molecule has 508 valence electrons. The number of benzene rings is 6. The van der Waals surface area contributed by atoms with E-state index in [4.69, 9.17) is 77.4 Å². The van der Waals surface area contributed by atoms with Crippen molar-refractivity contribution in [3.05, 3.63) is 231 Å². The highest BCUT2D eigenvalue weighted by Gasteiger charge is 2.40. The summed E-state index contributed by atoms with van der Waals surface area (Å²) in [7, 11) is 0. The molecular weight excluding hydrogens is 1350 g/mol. The molecule has 4 aromatic heterocycles. The molecule has 0 saturated carbocycles. The smallest absolute Gasteiger partial charge is 0.471 e. The number of nitrogen functional groups attached to an aromatic ring is 1. The van der Waals surface area contributed by atoms with Gasteiger partial charge < -0.3 is 60.2 Å². The number of nitrogens with two attached hydrogens (primary N) is 1. The number of rotatable bonds is 14. The normalized spacial score (nSPS) is 11.2. The van der Waals surface area contributed by atoms with E-state index in [1.165, 1.54) is 74.7 Å². The largest absolute Gasteiger partial charge is 0.483 e. The number of aliphatic hydroxyl groups is 3. The van der Waals surface area contributed by atoms with Gasteiger partial charge in [0.1, 0.15) is 0 Å². The number of fused-ring (bicyclic) bond motifs is 4. The fourth-order valence-electron chi connectivity index (χ4n) is 9.05. The number of aliphatic hydroxyl groups excluding tert-OH is 3. The number of nitrogens with zero attached hydrogens (tertiary/aromatic N) is 3. The molecule has 3 amide bonds. The molecule has 20 nitrogen and oxygen atoms in total. The fraction of sp³-hybridized carbons (Fsp3) is 0.212. The Morgan fingerprint density at radius 3 is 1.27 bits per heavy atom. The zero-order valence-corrected chi connectivity index (χ0v) is 53.7. The summed E-state index contributed by atoms with van der Waals surface area (Å²) in [4.78, 5) is 91.0. The molecule has 10 aromatic rings. The van der Waals surface area contributed by atoms with Crippen LogP contribution >= 0.6 is 46.4 Å². The monoisotopic (exact) mass is 1410 g/mol. The second-order valence-electron chi connectivity index (χ2n) is 20.2. The van der Waals surface area contributed by atoms with Gasteiger partial charge in [-0.25, -0.2) is 4.79 Å². The van der Waals surface area contributed by atoms with E-state index in [-0.39, 0.29) is 112 Å². The molecule has 6 aromatic carbocycles. The van der Waals surface area contributed by atoms with Crippen molar-refractivity contribution in [1.29, 1.82) is 0 Å². The van der Waals surface area contributed by atoms with Gasteiger partial charge in [0.2, 0.25) is 5.91 Å². The average molecular weight is 1420 g/mol. The van der Waals surface area contributed by atoms with Gasteiger partial charge in [0.25, 0.3) is 23.2 Å². The lowest BCUT2D eigenvalue weighted by Gasteiger charge is -2.15. The molecule has 9 N–H and O–H groups in total. The van der Waals surface area contributed by atoms with Gasteiger partial charge in [0.05, 0.1) is 74.3 Å². The Morgan fingerprint density at radius 2 is 0.875 bits per heavy atom. The number of carboxylic acid groups (broad SMARTS) is 1. The number of carbonyl (C=O) groups excluding carboxylic acids is 3. The molecule has 0 saturated heterocycles. The summed E-state index contributed by atoms with van der Waals surface area (Å²) in [5.41, 5.74) is 6.94. The first-order valence-electron chi connectivity index (χ1n) is 28.5. The van der Waals surface area contributed by atoms with Gasteiger partial charge in [0.15, 0.2) is 0 Å². The number of halogens is 10. The summed E-state index contributed by atoms with van der Waals surface area (Å²) in [5, 5.41) is 42.9. The summed E-state index contributed by atoms with van der Waals surface area (Å²) < 4.78 is 82.4.